The molecule has 0 spiro atoms. The van der Waals surface area contributed by atoms with E-state index in [2.05, 4.69) is 58.4 Å². The zero-order valence-corrected chi connectivity index (χ0v) is 15.3. The molecule has 0 aromatic carbocycles. The van der Waals surface area contributed by atoms with E-state index in [-0.39, 0.29) is 0 Å². The van der Waals surface area contributed by atoms with Gasteiger partial charge < -0.3 is 0 Å². The molecule has 17 heavy (non-hydrogen) atoms. The van der Waals surface area contributed by atoms with E-state index < -0.39 is 0 Å². The monoisotopic (exact) mass is 428 g/mol. The second kappa shape index (κ2) is 8.92. The molecule has 0 radical (unpaired) electrons. The lowest BCUT2D eigenvalue weighted by Gasteiger charge is -2.15. The molecule has 0 unspecified atom stereocenters. The van der Waals surface area contributed by atoms with E-state index >= 15 is 0 Å². The zero-order chi connectivity index (χ0) is 12.7. The summed E-state index contributed by atoms with van der Waals surface area (Å²) < 4.78 is 2.74. The van der Waals surface area contributed by atoms with Gasteiger partial charge in [-0.25, -0.2) is 0 Å². The van der Waals surface area contributed by atoms with Gasteiger partial charge in [-0.05, 0) is 62.5 Å². The van der Waals surface area contributed by atoms with Crippen LogP contribution in [0.5, 0.6) is 0 Å². The van der Waals surface area contributed by atoms with Crippen molar-refractivity contribution in [1.29, 1.82) is 0 Å². The maximum Gasteiger partial charge on any atom is 0.0741 e. The number of thiophene rings is 1. The van der Waals surface area contributed by atoms with Crippen LogP contribution in [0.4, 0.5) is 0 Å². The van der Waals surface area contributed by atoms with Gasteiger partial charge in [-0.1, -0.05) is 52.4 Å². The minimum Gasteiger partial charge on any atom is -0.122 e. The number of hydrogen-bond donors (Lipinski definition) is 0. The Hall–Kier alpha value is 0.910. The van der Waals surface area contributed by atoms with Crippen molar-refractivity contribution in [1.82, 2.24) is 0 Å². The maximum absolute atomic E-state index is 3.70. The van der Waals surface area contributed by atoms with Crippen LogP contribution < -0.4 is 0 Å². The zero-order valence-electron chi connectivity index (χ0n) is 10.8. The summed E-state index contributed by atoms with van der Waals surface area (Å²) >= 11 is 7.98. The van der Waals surface area contributed by atoms with Gasteiger partial charge in [0.1, 0.15) is 0 Å². The fourth-order valence-corrected chi connectivity index (χ4v) is 5.55. The molecule has 0 N–H and O–H groups in total. The molecule has 0 aliphatic rings. The van der Waals surface area contributed by atoms with Crippen molar-refractivity contribution >= 4 is 49.9 Å². The molecule has 1 aromatic heterocycles. The number of hydrogen-bond acceptors (Lipinski definition) is 1. The minimum atomic E-state index is 0.886. The summed E-state index contributed by atoms with van der Waals surface area (Å²) in [4.78, 5) is 0. The van der Waals surface area contributed by atoms with E-state index in [9.17, 15) is 0 Å². The van der Waals surface area contributed by atoms with Gasteiger partial charge in [-0.2, -0.15) is 0 Å². The van der Waals surface area contributed by atoms with Gasteiger partial charge in [0.15, 0.2) is 0 Å². The summed E-state index contributed by atoms with van der Waals surface area (Å²) in [6, 6.07) is 2.35. The highest BCUT2D eigenvalue weighted by molar-refractivity contribution is 14.1. The van der Waals surface area contributed by atoms with Crippen LogP contribution in [0.1, 0.15) is 57.9 Å². The molecule has 0 fully saturated rings. The average Bonchev–Trinajstić information content (AvgIpc) is 2.61. The number of unbranched alkanes of at least 4 members (excludes halogenated alkanes) is 2. The van der Waals surface area contributed by atoms with Gasteiger partial charge >= 0.3 is 0 Å². The molecule has 0 amide bonds. The van der Waals surface area contributed by atoms with E-state index in [0.29, 0.717) is 0 Å². The Kier molecular flexibility index (Phi) is 8.37. The Balaban J connectivity index is 2.54. The van der Waals surface area contributed by atoms with Crippen LogP contribution in [0.3, 0.4) is 0 Å². The van der Waals surface area contributed by atoms with E-state index in [4.69, 9.17) is 0 Å². The predicted octanol–water partition coefficient (Wildman–Crippen LogP) is 6.65. The van der Waals surface area contributed by atoms with Gasteiger partial charge in [0.05, 0.1) is 6.67 Å². The topological polar surface area (TPSA) is 0 Å². The first-order valence-electron chi connectivity index (χ1n) is 6.61. The largest absolute Gasteiger partial charge is 0.122 e. The summed E-state index contributed by atoms with van der Waals surface area (Å²) in [5, 5.41) is 0. The molecule has 0 bridgehead atoms. The second-order valence-corrected chi connectivity index (χ2v) is 8.97. The molecule has 0 saturated carbocycles. The molecule has 0 aliphatic heterocycles. The Bertz CT molecular complexity index is 314. The smallest absolute Gasteiger partial charge is 0.0741 e. The first-order chi connectivity index (χ1) is 8.17. The molecule has 0 saturated heterocycles. The number of halogens is 2. The van der Waals surface area contributed by atoms with Gasteiger partial charge in [-0.3, -0.25) is 0 Å². The lowest BCUT2D eigenvalue weighted by molar-refractivity contribution is 0.417. The third-order valence-electron chi connectivity index (χ3n) is 3.17. The minimum absolute atomic E-state index is 0.886. The summed E-state index contributed by atoms with van der Waals surface area (Å²) in [6.45, 7) is 4.58. The predicted molar refractivity (Wildman–Crippen MR) is 91.0 cm³/mol. The van der Waals surface area contributed by atoms with Crippen molar-refractivity contribution in [2.24, 2.45) is 5.92 Å². The number of rotatable bonds is 8. The average molecular weight is 429 g/mol. The van der Waals surface area contributed by atoms with Crippen LogP contribution in [0.2, 0.25) is 0 Å². The summed E-state index contributed by atoms with van der Waals surface area (Å²) in [7, 11) is 0. The van der Waals surface area contributed by atoms with Crippen molar-refractivity contribution < 1.29 is 0 Å². The van der Waals surface area contributed by atoms with Crippen molar-refractivity contribution in [3.8, 4) is 0 Å². The normalized spacial score (nSPS) is 11.4. The molecule has 98 valence electrons. The molecule has 1 rings (SSSR count). The molecule has 1 aromatic rings. The second-order valence-electron chi connectivity index (χ2n) is 4.70. The molecular formula is C14H22BrIS. The molecule has 1 heterocycles. The van der Waals surface area contributed by atoms with Gasteiger partial charge in [-0.15, -0.1) is 11.3 Å². The summed E-state index contributed by atoms with van der Waals surface area (Å²) in [5.41, 5.74) is 1.52. The lowest BCUT2D eigenvalue weighted by Crippen LogP contribution is -2.04. The fraction of sp³-hybridized carbons (Fsp3) is 0.714. The SMILES string of the molecule is CCCCC(CCCC)Cc1cc(I)sc1Br. The highest BCUT2D eigenvalue weighted by Gasteiger charge is 2.13. The van der Waals surface area contributed by atoms with Crippen molar-refractivity contribution in [2.75, 3.05) is 0 Å². The van der Waals surface area contributed by atoms with Gasteiger partial charge in [0, 0.05) is 0 Å². The Morgan fingerprint density at radius 2 is 1.82 bits per heavy atom. The van der Waals surface area contributed by atoms with Crippen LogP contribution in [0.25, 0.3) is 0 Å². The Morgan fingerprint density at radius 1 is 1.24 bits per heavy atom. The first-order valence-corrected chi connectivity index (χ1v) is 9.29. The van der Waals surface area contributed by atoms with Crippen LogP contribution in [0, 0.1) is 8.80 Å². The third-order valence-corrected chi connectivity index (χ3v) is 5.89. The quantitative estimate of drug-likeness (QED) is 0.406. The van der Waals surface area contributed by atoms with Gasteiger partial charge in [0.25, 0.3) is 0 Å². The molecule has 3 heteroatoms. The Labute approximate surface area is 132 Å². The van der Waals surface area contributed by atoms with E-state index in [1.54, 1.807) is 0 Å². The highest BCUT2D eigenvalue weighted by Crippen LogP contribution is 2.32. The van der Waals surface area contributed by atoms with Gasteiger partial charge in [0.2, 0.25) is 0 Å². The van der Waals surface area contributed by atoms with Crippen LogP contribution in [-0.4, -0.2) is 0 Å². The van der Waals surface area contributed by atoms with Crippen LogP contribution >= 0.6 is 49.9 Å². The highest BCUT2D eigenvalue weighted by atomic mass is 127. The molecule has 0 aliphatic carbocycles. The van der Waals surface area contributed by atoms with Crippen molar-refractivity contribution in [3.05, 3.63) is 18.3 Å². The molecular weight excluding hydrogens is 407 g/mol. The van der Waals surface area contributed by atoms with E-state index in [1.807, 2.05) is 11.3 Å². The third kappa shape index (κ3) is 6.06. The molecule has 0 atom stereocenters. The van der Waals surface area contributed by atoms with E-state index in [0.717, 1.165) is 5.92 Å². The lowest BCUT2D eigenvalue weighted by atomic mass is 9.91. The van der Waals surface area contributed by atoms with Crippen molar-refractivity contribution in [3.63, 3.8) is 0 Å². The first kappa shape index (κ1) is 16.0. The maximum atomic E-state index is 3.70. The van der Waals surface area contributed by atoms with Crippen molar-refractivity contribution in [2.45, 2.75) is 58.8 Å². The standard InChI is InChI=1S/C14H22BrIS/c1-3-5-7-11(8-6-4-2)9-12-10-13(16)17-14(12)15/h10-11H,3-9H2,1-2H3. The molecule has 0 nitrogen and oxygen atoms in total. The van der Waals surface area contributed by atoms with Crippen LogP contribution in [-0.2, 0) is 6.42 Å². The van der Waals surface area contributed by atoms with Crippen LogP contribution in [0.15, 0.2) is 9.85 Å². The van der Waals surface area contributed by atoms with E-state index in [1.165, 1.54) is 57.2 Å². The summed E-state index contributed by atoms with van der Waals surface area (Å²) in [5.74, 6) is 0.886. The summed E-state index contributed by atoms with van der Waals surface area (Å²) in [6.07, 6.45) is 9.47. The Morgan fingerprint density at radius 3 is 2.24 bits per heavy atom. The fourth-order valence-electron chi connectivity index (χ4n) is 2.16.